The van der Waals surface area contributed by atoms with Crippen LogP contribution in [0.25, 0.3) is 0 Å². The molecule has 1 aromatic rings. The van der Waals surface area contributed by atoms with Crippen molar-refractivity contribution >= 4 is 11.8 Å². The normalized spacial score (nSPS) is 29.5. The Bertz CT molecular complexity index is 1350. The van der Waals surface area contributed by atoms with Gasteiger partial charge in [-0.25, -0.2) is 0 Å². The van der Waals surface area contributed by atoms with Gasteiger partial charge in [0, 0.05) is 44.7 Å². The fraction of sp³-hybridized carbons (Fsp3) is 0.814. The van der Waals surface area contributed by atoms with E-state index in [1.54, 1.807) is 5.56 Å². The highest BCUT2D eigenvalue weighted by Crippen LogP contribution is 2.62. The van der Waals surface area contributed by atoms with Crippen molar-refractivity contribution in [3.63, 3.8) is 0 Å². The topological polar surface area (TPSA) is 51.0 Å². The van der Waals surface area contributed by atoms with E-state index in [-0.39, 0.29) is 11.8 Å². The number of likely N-dealkylation sites (tertiary alicyclic amines) is 1. The molecule has 54 heavy (non-hydrogen) atoms. The van der Waals surface area contributed by atoms with Crippen LogP contribution in [-0.2, 0) is 11.2 Å². The van der Waals surface area contributed by atoms with Gasteiger partial charge in [-0.3, -0.25) is 4.90 Å². The lowest BCUT2D eigenvalue weighted by Crippen LogP contribution is -2.49. The maximum absolute atomic E-state index is 13.1. The van der Waals surface area contributed by atoms with Gasteiger partial charge in [0.15, 0.2) is 5.88 Å². The second-order valence-electron chi connectivity index (χ2n) is 17.4. The van der Waals surface area contributed by atoms with Crippen molar-refractivity contribution < 1.29 is 31.4 Å². The molecule has 2 saturated carbocycles. The van der Waals surface area contributed by atoms with Gasteiger partial charge in [-0.1, -0.05) is 51.5 Å². The Morgan fingerprint density at radius 1 is 0.907 bits per heavy atom. The molecule has 5 aliphatic rings. The second kappa shape index (κ2) is 18.8. The fourth-order valence-electron chi connectivity index (χ4n) is 10.9. The molecule has 306 valence electrons. The van der Waals surface area contributed by atoms with Crippen molar-refractivity contribution in [1.29, 1.82) is 0 Å². The number of alkyl halides is 5. The SMILES string of the molecule is C=C(Oc1ccc2c(c1)C[C@@H](CCCCCCCCCSCCCC(F)(F)C(F)(F)F)C1C2CCC2(C)C(N)CCC12)N1CCC(N2CCOCC2)CC1. The summed E-state index contributed by atoms with van der Waals surface area (Å²) in [5.74, 6) is 0.910. The monoisotopic (exact) mass is 783 g/mol. The minimum atomic E-state index is -5.44. The first-order valence-corrected chi connectivity index (χ1v) is 22.4. The van der Waals surface area contributed by atoms with E-state index in [0.717, 1.165) is 102 Å². The second-order valence-corrected chi connectivity index (χ2v) is 18.6. The van der Waals surface area contributed by atoms with Crippen molar-refractivity contribution in [2.45, 2.75) is 146 Å². The zero-order valence-corrected chi connectivity index (χ0v) is 33.5. The van der Waals surface area contributed by atoms with Crippen molar-refractivity contribution in [2.24, 2.45) is 28.9 Å². The van der Waals surface area contributed by atoms with E-state index in [1.165, 1.54) is 68.7 Å². The molecule has 4 fully saturated rings. The molecule has 2 heterocycles. The Morgan fingerprint density at radius 3 is 2.31 bits per heavy atom. The molecular weight excluding hydrogens is 718 g/mol. The number of unbranched alkanes of at least 4 members (excludes halogenated alkanes) is 6. The van der Waals surface area contributed by atoms with Crippen molar-refractivity contribution in [2.75, 3.05) is 50.9 Å². The summed E-state index contributed by atoms with van der Waals surface area (Å²) >= 11 is 1.49. The zero-order chi connectivity index (χ0) is 38.3. The van der Waals surface area contributed by atoms with Crippen LogP contribution in [-0.4, -0.2) is 84.9 Å². The van der Waals surface area contributed by atoms with Crippen LogP contribution in [0, 0.1) is 23.2 Å². The van der Waals surface area contributed by atoms with Gasteiger partial charge in [-0.05, 0) is 135 Å². The molecule has 1 aromatic carbocycles. The molecule has 11 heteroatoms. The first kappa shape index (κ1) is 42.1. The molecule has 3 aliphatic carbocycles. The van der Waals surface area contributed by atoms with Gasteiger partial charge < -0.3 is 20.1 Å². The van der Waals surface area contributed by atoms with Gasteiger partial charge in [0.1, 0.15) is 5.75 Å². The Kier molecular flexibility index (Phi) is 14.6. The summed E-state index contributed by atoms with van der Waals surface area (Å²) in [6.45, 7) is 12.6. The predicted octanol–water partition coefficient (Wildman–Crippen LogP) is 10.6. The van der Waals surface area contributed by atoms with E-state index in [0.29, 0.717) is 41.5 Å². The van der Waals surface area contributed by atoms with Crippen molar-refractivity contribution in [3.05, 3.63) is 41.8 Å². The summed E-state index contributed by atoms with van der Waals surface area (Å²) in [5.41, 5.74) is 10.1. The third-order valence-electron chi connectivity index (χ3n) is 14.1. The first-order valence-electron chi connectivity index (χ1n) is 21.2. The molecule has 0 bridgehead atoms. The van der Waals surface area contributed by atoms with Gasteiger partial charge >= 0.3 is 12.1 Å². The van der Waals surface area contributed by atoms with Crippen LogP contribution in [0.15, 0.2) is 30.7 Å². The third-order valence-corrected chi connectivity index (χ3v) is 15.3. The molecule has 2 saturated heterocycles. The predicted molar refractivity (Wildman–Crippen MR) is 209 cm³/mol. The molecule has 5 nitrogen and oxygen atoms in total. The summed E-state index contributed by atoms with van der Waals surface area (Å²) in [5, 5.41) is 0. The van der Waals surface area contributed by atoms with Crippen LogP contribution in [0.2, 0.25) is 0 Å². The van der Waals surface area contributed by atoms with Gasteiger partial charge in [0.2, 0.25) is 0 Å². The summed E-state index contributed by atoms with van der Waals surface area (Å²) in [6, 6.07) is 7.82. The molecule has 6 rings (SSSR count). The molecule has 2 aliphatic heterocycles. The van der Waals surface area contributed by atoms with E-state index in [1.807, 2.05) is 0 Å². The molecule has 5 unspecified atom stereocenters. The molecule has 0 aromatic heterocycles. The molecular formula is C43H66F5N3O2S. The standard InChI is InChI=1S/C43H66F5N3O2S/c1-31(50-21-17-34(18-22-50)51-23-25-52-26-24-51)53-35-12-13-36-33(30-35)29-32(40-37(36)16-20-41(2)38(40)14-15-39(41)49)11-8-6-4-3-5-7-9-27-54-28-10-19-42(44,45)43(46,47)48/h12-13,30,32,34,37-40H,1,3-11,14-29,49H2,2H3/t32-,37?,38?,39?,40?,41?/m1/s1. The third kappa shape index (κ3) is 10.1. The minimum absolute atomic E-state index is 0.113. The average molecular weight is 784 g/mol. The number of nitrogens with two attached hydrogens (primary N) is 1. The maximum Gasteiger partial charge on any atom is 0.453 e. The Hall–Kier alpha value is -1.56. The number of benzene rings is 1. The van der Waals surface area contributed by atoms with Crippen LogP contribution in [0.3, 0.4) is 0 Å². The molecule has 6 atom stereocenters. The number of ether oxygens (including phenoxy) is 2. The zero-order valence-electron chi connectivity index (χ0n) is 32.7. The average Bonchev–Trinajstić information content (AvgIpc) is 3.46. The number of nitrogens with zero attached hydrogens (tertiary/aromatic N) is 2. The molecule has 0 radical (unpaired) electrons. The van der Waals surface area contributed by atoms with Crippen LogP contribution in [0.5, 0.6) is 5.75 Å². The molecule has 0 amide bonds. The van der Waals surface area contributed by atoms with Crippen molar-refractivity contribution in [1.82, 2.24) is 9.80 Å². The summed E-state index contributed by atoms with van der Waals surface area (Å²) in [6.07, 6.45) is 10.9. The number of fused-ring (bicyclic) bond motifs is 5. The Morgan fingerprint density at radius 2 is 1.59 bits per heavy atom. The molecule has 0 spiro atoms. The van der Waals surface area contributed by atoms with E-state index < -0.39 is 18.5 Å². The van der Waals surface area contributed by atoms with Gasteiger partial charge in [0.25, 0.3) is 0 Å². The lowest BCUT2D eigenvalue weighted by Gasteiger charge is -2.53. The van der Waals surface area contributed by atoms with Crippen molar-refractivity contribution in [3.8, 4) is 5.75 Å². The van der Waals surface area contributed by atoms with E-state index >= 15 is 0 Å². The van der Waals surface area contributed by atoms with Gasteiger partial charge in [-0.15, -0.1) is 0 Å². The Balaban J connectivity index is 0.953. The maximum atomic E-state index is 13.1. The number of thioether (sulfide) groups is 1. The molecule has 2 N–H and O–H groups in total. The van der Waals surface area contributed by atoms with Crippen LogP contribution >= 0.6 is 11.8 Å². The van der Waals surface area contributed by atoms with E-state index in [9.17, 15) is 22.0 Å². The lowest BCUT2D eigenvalue weighted by molar-refractivity contribution is -0.284. The first-order chi connectivity index (χ1) is 25.9. The summed E-state index contributed by atoms with van der Waals surface area (Å²) < 4.78 is 75.1. The highest BCUT2D eigenvalue weighted by Gasteiger charge is 2.57. The number of hydrogen-bond donors (Lipinski definition) is 1. The number of halogens is 5. The number of rotatable bonds is 18. The van der Waals surface area contributed by atoms with Crippen LogP contribution in [0.1, 0.15) is 127 Å². The highest BCUT2D eigenvalue weighted by atomic mass is 32.2. The number of morpholine rings is 1. The largest absolute Gasteiger partial charge is 0.453 e. The quantitative estimate of drug-likeness (QED) is 0.0909. The van der Waals surface area contributed by atoms with Crippen LogP contribution < -0.4 is 10.5 Å². The van der Waals surface area contributed by atoms with Crippen LogP contribution in [0.4, 0.5) is 22.0 Å². The van der Waals surface area contributed by atoms with E-state index in [2.05, 4.69) is 41.5 Å². The van der Waals surface area contributed by atoms with Gasteiger partial charge in [0.05, 0.1) is 13.2 Å². The highest BCUT2D eigenvalue weighted by molar-refractivity contribution is 7.99. The Labute approximate surface area is 325 Å². The van der Waals surface area contributed by atoms with E-state index in [4.69, 9.17) is 15.2 Å². The summed E-state index contributed by atoms with van der Waals surface area (Å²) in [4.78, 5) is 4.91. The number of hydrogen-bond acceptors (Lipinski definition) is 6. The lowest BCUT2D eigenvalue weighted by atomic mass is 9.52. The summed E-state index contributed by atoms with van der Waals surface area (Å²) in [7, 11) is 0. The minimum Gasteiger partial charge on any atom is -0.442 e. The van der Waals surface area contributed by atoms with Gasteiger partial charge in [-0.2, -0.15) is 33.7 Å². The fourth-order valence-corrected chi connectivity index (χ4v) is 11.9. The number of piperidine rings is 1. The smallest absolute Gasteiger partial charge is 0.442 e.